The molecule has 0 unspecified atom stereocenters. The van der Waals surface area contributed by atoms with E-state index >= 15 is 0 Å². The van der Waals surface area contributed by atoms with E-state index in [1.807, 2.05) is 0 Å². The van der Waals surface area contributed by atoms with Gasteiger partial charge in [0.05, 0.1) is 0 Å². The van der Waals surface area contributed by atoms with Crippen LogP contribution in [0, 0.1) is 0 Å². The minimum atomic E-state index is -0.115. The number of hydrogen-bond donors (Lipinski definition) is 0. The number of carbonyl (C=O) groups is 4. The highest BCUT2D eigenvalue weighted by atomic mass is 32.2. The van der Waals surface area contributed by atoms with Crippen molar-refractivity contribution in [3.05, 3.63) is 12.1 Å². The minimum absolute atomic E-state index is 0.115. The van der Waals surface area contributed by atoms with Crippen LogP contribution in [0.4, 0.5) is 0 Å². The molecule has 0 heterocycles. The molecule has 0 aliphatic rings. The average Bonchev–Trinajstić information content (AvgIpc) is 2.31. The highest BCUT2D eigenvalue weighted by molar-refractivity contribution is 8.17. The van der Waals surface area contributed by atoms with Crippen LogP contribution in [0.3, 0.4) is 0 Å². The van der Waals surface area contributed by atoms with Crippen LogP contribution in [0.15, 0.2) is 31.7 Å². The van der Waals surface area contributed by atoms with Crippen LogP contribution in [-0.4, -0.2) is 20.5 Å². The molecular weight excluding hydrogens is 360 g/mol. The number of benzene rings is 1. The summed E-state index contributed by atoms with van der Waals surface area (Å²) in [7, 11) is 0. The Balaban J connectivity index is 3.39. The summed E-state index contributed by atoms with van der Waals surface area (Å²) < 4.78 is 0. The zero-order valence-corrected chi connectivity index (χ0v) is 15.7. The molecule has 0 spiro atoms. The van der Waals surface area contributed by atoms with Gasteiger partial charge in [-0.1, -0.05) is 47.0 Å². The van der Waals surface area contributed by atoms with Crippen molar-refractivity contribution in [1.29, 1.82) is 0 Å². The molecule has 4 nitrogen and oxygen atoms in total. The Kier molecular flexibility index (Phi) is 7.75. The summed E-state index contributed by atoms with van der Waals surface area (Å²) in [6, 6.07) is 3.38. The van der Waals surface area contributed by atoms with Crippen LogP contribution < -0.4 is 0 Å². The highest BCUT2D eigenvalue weighted by Crippen LogP contribution is 2.41. The maximum atomic E-state index is 11.4. The zero-order chi connectivity index (χ0) is 16.9. The zero-order valence-electron chi connectivity index (χ0n) is 12.4. The first kappa shape index (κ1) is 19.3. The molecule has 0 radical (unpaired) electrons. The second kappa shape index (κ2) is 8.81. The molecule has 8 heteroatoms. The maximum absolute atomic E-state index is 11.4. The molecule has 1 aromatic rings. The third-order valence-corrected chi connectivity index (χ3v) is 5.66. The van der Waals surface area contributed by atoms with Gasteiger partial charge in [0, 0.05) is 47.3 Å². The third kappa shape index (κ3) is 6.60. The predicted molar refractivity (Wildman–Crippen MR) is 92.6 cm³/mol. The van der Waals surface area contributed by atoms with Crippen molar-refractivity contribution in [1.82, 2.24) is 0 Å². The molecule has 0 aliphatic heterocycles. The van der Waals surface area contributed by atoms with Gasteiger partial charge >= 0.3 is 0 Å². The highest BCUT2D eigenvalue weighted by Gasteiger charge is 2.17. The summed E-state index contributed by atoms with van der Waals surface area (Å²) in [5.74, 6) is 0. The lowest BCUT2D eigenvalue weighted by Gasteiger charge is -2.12. The molecule has 0 aromatic heterocycles. The fourth-order valence-corrected chi connectivity index (χ4v) is 4.69. The Labute approximate surface area is 145 Å². The lowest BCUT2D eigenvalue weighted by atomic mass is 10.3. The van der Waals surface area contributed by atoms with Crippen LogP contribution in [0.5, 0.6) is 0 Å². The first-order chi connectivity index (χ1) is 10.2. The first-order valence-corrected chi connectivity index (χ1v) is 9.37. The number of thioether (sulfide) groups is 4. The molecule has 0 fully saturated rings. The standard InChI is InChI=1S/C14H14O4S4/c1-7(15)19-11-5-13(21-9(3)17)14(22-10(4)18)6-12(11)20-8(2)16/h5-6H,1-4H3. The van der Waals surface area contributed by atoms with E-state index in [4.69, 9.17) is 0 Å². The lowest BCUT2D eigenvalue weighted by Crippen LogP contribution is -1.94. The van der Waals surface area contributed by atoms with E-state index in [1.165, 1.54) is 27.7 Å². The molecule has 0 saturated heterocycles. The molecule has 0 N–H and O–H groups in total. The quantitative estimate of drug-likeness (QED) is 0.725. The molecular formula is C14H14O4S4. The van der Waals surface area contributed by atoms with Crippen LogP contribution in [0.25, 0.3) is 0 Å². The number of carbonyl (C=O) groups excluding carboxylic acids is 4. The second-order valence-electron chi connectivity index (χ2n) is 4.12. The van der Waals surface area contributed by atoms with Gasteiger partial charge in [-0.25, -0.2) is 0 Å². The van der Waals surface area contributed by atoms with E-state index in [1.54, 1.807) is 12.1 Å². The molecule has 0 saturated carbocycles. The first-order valence-electron chi connectivity index (χ1n) is 6.10. The van der Waals surface area contributed by atoms with Crippen molar-refractivity contribution >= 4 is 67.5 Å². The molecule has 118 valence electrons. The largest absolute Gasteiger partial charge is 0.287 e. The normalized spacial score (nSPS) is 10.4. The van der Waals surface area contributed by atoms with E-state index < -0.39 is 0 Å². The van der Waals surface area contributed by atoms with Gasteiger partial charge in [-0.05, 0) is 12.1 Å². The van der Waals surface area contributed by atoms with Gasteiger partial charge < -0.3 is 0 Å². The van der Waals surface area contributed by atoms with Gasteiger partial charge in [0.25, 0.3) is 0 Å². The van der Waals surface area contributed by atoms with Crippen molar-refractivity contribution in [3.8, 4) is 0 Å². The van der Waals surface area contributed by atoms with Crippen LogP contribution >= 0.6 is 47.0 Å². The van der Waals surface area contributed by atoms with E-state index in [-0.39, 0.29) is 20.5 Å². The summed E-state index contributed by atoms with van der Waals surface area (Å²) >= 11 is 4.02. The Morgan fingerprint density at radius 3 is 0.864 bits per heavy atom. The van der Waals surface area contributed by atoms with Crippen LogP contribution in [0.2, 0.25) is 0 Å². The van der Waals surface area contributed by atoms with Crippen molar-refractivity contribution in [2.24, 2.45) is 0 Å². The molecule has 0 atom stereocenters. The summed E-state index contributed by atoms with van der Waals surface area (Å²) in [6.45, 7) is 5.73. The monoisotopic (exact) mass is 374 g/mol. The van der Waals surface area contributed by atoms with E-state index in [0.717, 1.165) is 47.0 Å². The molecule has 0 aliphatic carbocycles. The van der Waals surface area contributed by atoms with Crippen molar-refractivity contribution in [2.75, 3.05) is 0 Å². The van der Waals surface area contributed by atoms with E-state index in [0.29, 0.717) is 19.6 Å². The fourth-order valence-electron chi connectivity index (χ4n) is 1.46. The summed E-state index contributed by atoms with van der Waals surface area (Å²) in [6.07, 6.45) is 0. The molecule has 0 bridgehead atoms. The van der Waals surface area contributed by atoms with Gasteiger partial charge in [-0.2, -0.15) is 0 Å². The topological polar surface area (TPSA) is 68.3 Å². The summed E-state index contributed by atoms with van der Waals surface area (Å²) in [5.41, 5.74) is 0. The molecule has 0 amide bonds. The smallest absolute Gasteiger partial charge is 0.190 e. The predicted octanol–water partition coefficient (Wildman–Crippen LogP) is 4.24. The summed E-state index contributed by atoms with van der Waals surface area (Å²) in [5, 5.41) is -0.459. The number of hydrogen-bond acceptors (Lipinski definition) is 8. The summed E-state index contributed by atoms with van der Waals surface area (Å²) in [4.78, 5) is 48.0. The number of rotatable bonds is 4. The molecule has 22 heavy (non-hydrogen) atoms. The van der Waals surface area contributed by atoms with Gasteiger partial charge in [-0.3, -0.25) is 19.2 Å². The molecule has 1 rings (SSSR count). The third-order valence-electron chi connectivity index (χ3n) is 2.02. The van der Waals surface area contributed by atoms with Gasteiger partial charge in [0.2, 0.25) is 0 Å². The fraction of sp³-hybridized carbons (Fsp3) is 0.286. The van der Waals surface area contributed by atoms with E-state index in [2.05, 4.69) is 0 Å². The van der Waals surface area contributed by atoms with Crippen LogP contribution in [0.1, 0.15) is 27.7 Å². The Hall–Kier alpha value is -0.700. The van der Waals surface area contributed by atoms with Crippen molar-refractivity contribution < 1.29 is 19.2 Å². The van der Waals surface area contributed by atoms with E-state index in [9.17, 15) is 19.2 Å². The average molecular weight is 375 g/mol. The molecule has 1 aromatic carbocycles. The minimum Gasteiger partial charge on any atom is -0.287 e. The van der Waals surface area contributed by atoms with Gasteiger partial charge in [0.15, 0.2) is 20.5 Å². The van der Waals surface area contributed by atoms with Gasteiger partial charge in [0.1, 0.15) is 0 Å². The second-order valence-corrected chi connectivity index (χ2v) is 9.00. The van der Waals surface area contributed by atoms with Crippen LogP contribution in [-0.2, 0) is 19.2 Å². The van der Waals surface area contributed by atoms with Crippen molar-refractivity contribution in [2.45, 2.75) is 47.3 Å². The van der Waals surface area contributed by atoms with Gasteiger partial charge in [-0.15, -0.1) is 0 Å². The Morgan fingerprint density at radius 1 is 0.545 bits per heavy atom. The van der Waals surface area contributed by atoms with Crippen molar-refractivity contribution in [3.63, 3.8) is 0 Å². The SMILES string of the molecule is CC(=O)Sc1cc(SC(C)=O)c(SC(C)=O)cc1SC(C)=O. The maximum Gasteiger partial charge on any atom is 0.190 e. The lowest BCUT2D eigenvalue weighted by molar-refractivity contribution is -0.110. The Bertz CT molecular complexity index is 534. The Morgan fingerprint density at radius 2 is 0.727 bits per heavy atom.